The summed E-state index contributed by atoms with van der Waals surface area (Å²) < 4.78 is 0. The molecule has 0 radical (unpaired) electrons. The number of nitrogens with one attached hydrogen (secondary N) is 2. The number of carbonyl (C=O) groups excluding carboxylic acids is 2. The Morgan fingerprint density at radius 2 is 1.83 bits per heavy atom. The number of benzene rings is 1. The van der Waals surface area contributed by atoms with E-state index in [1.165, 1.54) is 10.4 Å². The van der Waals surface area contributed by atoms with Crippen molar-refractivity contribution in [2.45, 2.75) is 26.7 Å². The van der Waals surface area contributed by atoms with Crippen LogP contribution in [0, 0.1) is 19.8 Å². The molecule has 3 aromatic rings. The van der Waals surface area contributed by atoms with Gasteiger partial charge in [-0.3, -0.25) is 4.79 Å². The Balaban J connectivity index is 1.41. The molecule has 1 aliphatic rings. The number of primary amides is 1. The van der Waals surface area contributed by atoms with Crippen LogP contribution in [0.3, 0.4) is 0 Å². The first-order valence-electron chi connectivity index (χ1n) is 9.85. The van der Waals surface area contributed by atoms with Gasteiger partial charge in [0.25, 0.3) is 0 Å². The molecule has 0 aliphatic carbocycles. The second-order valence-corrected chi connectivity index (χ2v) is 8.68. The van der Waals surface area contributed by atoms with Crippen molar-refractivity contribution in [3.8, 4) is 0 Å². The number of rotatable bonds is 4. The lowest BCUT2D eigenvalue weighted by atomic mass is 9.95. The van der Waals surface area contributed by atoms with E-state index in [1.54, 1.807) is 41.9 Å². The van der Waals surface area contributed by atoms with Crippen molar-refractivity contribution < 1.29 is 9.59 Å². The first-order valence-corrected chi connectivity index (χ1v) is 10.7. The predicted molar refractivity (Wildman–Crippen MR) is 120 cm³/mol. The zero-order valence-corrected chi connectivity index (χ0v) is 17.8. The highest BCUT2D eigenvalue weighted by Crippen LogP contribution is 2.35. The summed E-state index contributed by atoms with van der Waals surface area (Å²) in [5, 5.41) is 6.59. The van der Waals surface area contributed by atoms with E-state index in [9.17, 15) is 9.59 Å². The van der Waals surface area contributed by atoms with Crippen molar-refractivity contribution in [2.24, 2.45) is 11.7 Å². The molecule has 1 fully saturated rings. The molecule has 4 N–H and O–H groups in total. The number of nitrogens with two attached hydrogens (primary N) is 1. The fourth-order valence-corrected chi connectivity index (χ4v) is 4.81. The van der Waals surface area contributed by atoms with Crippen molar-refractivity contribution in [1.82, 2.24) is 9.97 Å². The van der Waals surface area contributed by atoms with Crippen molar-refractivity contribution >= 4 is 50.7 Å². The highest BCUT2D eigenvalue weighted by atomic mass is 32.1. The Kier molecular flexibility index (Phi) is 5.54. The van der Waals surface area contributed by atoms with Crippen LogP contribution in [0.15, 0.2) is 30.6 Å². The van der Waals surface area contributed by atoms with Crippen LogP contribution in [0.5, 0.6) is 0 Å². The predicted octanol–water partition coefficient (Wildman–Crippen LogP) is 3.65. The summed E-state index contributed by atoms with van der Waals surface area (Å²) in [7, 11) is 0. The SMILES string of the molecule is Cc1sc2ncnc(N3CCC(C(=O)Nc4cccc(NC(N)=O)c4)CC3)c2c1C. The molecule has 0 unspecified atom stereocenters. The number of hydrogen-bond acceptors (Lipinski definition) is 6. The lowest BCUT2D eigenvalue weighted by Crippen LogP contribution is -2.38. The third kappa shape index (κ3) is 4.06. The van der Waals surface area contributed by atoms with Crippen molar-refractivity contribution in [1.29, 1.82) is 0 Å². The molecule has 0 bridgehead atoms. The van der Waals surface area contributed by atoms with Crippen LogP contribution in [0.25, 0.3) is 10.2 Å². The van der Waals surface area contributed by atoms with Gasteiger partial charge in [-0.05, 0) is 50.5 Å². The average Bonchev–Trinajstić information content (AvgIpc) is 3.02. The normalized spacial score (nSPS) is 14.7. The summed E-state index contributed by atoms with van der Waals surface area (Å²) in [5.41, 5.74) is 7.56. The van der Waals surface area contributed by atoms with Crippen LogP contribution in [0.4, 0.5) is 22.0 Å². The van der Waals surface area contributed by atoms with Gasteiger partial charge in [-0.1, -0.05) is 6.07 Å². The van der Waals surface area contributed by atoms with Gasteiger partial charge in [-0.2, -0.15) is 0 Å². The van der Waals surface area contributed by atoms with E-state index in [2.05, 4.69) is 39.3 Å². The number of fused-ring (bicyclic) bond motifs is 1. The number of thiophene rings is 1. The van der Waals surface area contributed by atoms with Crippen LogP contribution in [0.2, 0.25) is 0 Å². The first kappa shape index (κ1) is 20.1. The zero-order valence-electron chi connectivity index (χ0n) is 16.9. The average molecular weight is 425 g/mol. The van der Waals surface area contributed by atoms with Crippen molar-refractivity contribution in [2.75, 3.05) is 28.6 Å². The second kappa shape index (κ2) is 8.27. The number of urea groups is 1. The lowest BCUT2D eigenvalue weighted by Gasteiger charge is -2.32. The highest BCUT2D eigenvalue weighted by Gasteiger charge is 2.27. The molecule has 3 heterocycles. The number of anilines is 3. The summed E-state index contributed by atoms with van der Waals surface area (Å²) in [6.45, 7) is 5.75. The standard InChI is InChI=1S/C21H24N6O2S/c1-12-13(2)30-20-17(12)18(23-11-24-20)27-8-6-14(7-9-27)19(28)25-15-4-3-5-16(10-15)26-21(22)29/h3-5,10-11,14H,6-9H2,1-2H3,(H,25,28)(H3,22,26,29). The number of carbonyl (C=O) groups is 2. The number of hydrogen-bond donors (Lipinski definition) is 3. The summed E-state index contributed by atoms with van der Waals surface area (Å²) in [5.74, 6) is 0.879. The Bertz CT molecular complexity index is 1100. The van der Waals surface area contributed by atoms with E-state index in [-0.39, 0.29) is 11.8 Å². The van der Waals surface area contributed by atoms with Crippen LogP contribution < -0.4 is 21.3 Å². The van der Waals surface area contributed by atoms with Gasteiger partial charge < -0.3 is 21.3 Å². The van der Waals surface area contributed by atoms with Gasteiger partial charge in [-0.15, -0.1) is 11.3 Å². The molecule has 1 saturated heterocycles. The zero-order chi connectivity index (χ0) is 21.3. The molecule has 0 atom stereocenters. The molecule has 2 aromatic heterocycles. The number of aryl methyl sites for hydroxylation is 2. The minimum Gasteiger partial charge on any atom is -0.356 e. The van der Waals surface area contributed by atoms with Crippen LogP contribution >= 0.6 is 11.3 Å². The smallest absolute Gasteiger partial charge is 0.316 e. The number of amides is 3. The number of piperidine rings is 1. The Labute approximate surface area is 178 Å². The minimum atomic E-state index is -0.638. The molecule has 9 heteroatoms. The van der Waals surface area contributed by atoms with Gasteiger partial charge in [0.15, 0.2) is 0 Å². The van der Waals surface area contributed by atoms with Gasteiger partial charge in [0.2, 0.25) is 5.91 Å². The summed E-state index contributed by atoms with van der Waals surface area (Å²) in [6, 6.07) is 6.32. The molecular formula is C21H24N6O2S. The molecule has 1 aliphatic heterocycles. The van der Waals surface area contributed by atoms with Gasteiger partial charge >= 0.3 is 6.03 Å². The first-order chi connectivity index (χ1) is 14.4. The third-order valence-corrected chi connectivity index (χ3v) is 6.62. The van der Waals surface area contributed by atoms with E-state index >= 15 is 0 Å². The van der Waals surface area contributed by atoms with E-state index in [0.29, 0.717) is 11.4 Å². The molecule has 0 saturated carbocycles. The molecule has 4 rings (SSSR count). The van der Waals surface area contributed by atoms with E-state index < -0.39 is 6.03 Å². The van der Waals surface area contributed by atoms with Crippen molar-refractivity contribution in [3.05, 3.63) is 41.0 Å². The van der Waals surface area contributed by atoms with Crippen molar-refractivity contribution in [3.63, 3.8) is 0 Å². The van der Waals surface area contributed by atoms with Gasteiger partial charge in [0.05, 0.1) is 5.39 Å². The van der Waals surface area contributed by atoms with Crippen LogP contribution in [-0.2, 0) is 4.79 Å². The summed E-state index contributed by atoms with van der Waals surface area (Å²) >= 11 is 1.69. The molecule has 0 spiro atoms. The van der Waals surface area contributed by atoms with E-state index in [1.807, 2.05) is 0 Å². The molecule has 30 heavy (non-hydrogen) atoms. The second-order valence-electron chi connectivity index (χ2n) is 7.48. The highest BCUT2D eigenvalue weighted by molar-refractivity contribution is 7.18. The lowest BCUT2D eigenvalue weighted by molar-refractivity contribution is -0.120. The van der Waals surface area contributed by atoms with E-state index in [0.717, 1.165) is 42.0 Å². The molecular weight excluding hydrogens is 400 g/mol. The Hall–Kier alpha value is -3.20. The van der Waals surface area contributed by atoms with Gasteiger partial charge in [0, 0.05) is 35.3 Å². The van der Waals surface area contributed by atoms with Gasteiger partial charge in [0.1, 0.15) is 17.0 Å². The topological polar surface area (TPSA) is 113 Å². The summed E-state index contributed by atoms with van der Waals surface area (Å²) in [4.78, 5) is 37.3. The third-order valence-electron chi connectivity index (χ3n) is 5.51. The van der Waals surface area contributed by atoms with E-state index in [4.69, 9.17) is 5.73 Å². The maximum Gasteiger partial charge on any atom is 0.316 e. The Morgan fingerprint density at radius 3 is 2.53 bits per heavy atom. The maximum absolute atomic E-state index is 12.7. The van der Waals surface area contributed by atoms with Crippen LogP contribution in [-0.4, -0.2) is 35.0 Å². The maximum atomic E-state index is 12.7. The number of aromatic nitrogens is 2. The fraction of sp³-hybridized carbons (Fsp3) is 0.333. The molecule has 8 nitrogen and oxygen atoms in total. The van der Waals surface area contributed by atoms with Crippen LogP contribution in [0.1, 0.15) is 23.3 Å². The number of nitrogens with zero attached hydrogens (tertiary/aromatic N) is 3. The molecule has 156 valence electrons. The molecule has 3 amide bonds. The fourth-order valence-electron chi connectivity index (χ4n) is 3.82. The largest absolute Gasteiger partial charge is 0.356 e. The Morgan fingerprint density at radius 1 is 1.13 bits per heavy atom. The van der Waals surface area contributed by atoms with Gasteiger partial charge in [-0.25, -0.2) is 14.8 Å². The summed E-state index contributed by atoms with van der Waals surface area (Å²) in [6.07, 6.45) is 3.12. The quantitative estimate of drug-likeness (QED) is 0.592. The monoisotopic (exact) mass is 424 g/mol. The molecule has 1 aromatic carbocycles. The minimum absolute atomic E-state index is 0.0127.